The van der Waals surface area contributed by atoms with Crippen molar-refractivity contribution in [3.8, 4) is 0 Å². The highest BCUT2D eigenvalue weighted by atomic mass is 79.9. The minimum atomic E-state index is -0.707. The minimum absolute atomic E-state index is 0.232. The van der Waals surface area contributed by atoms with Crippen LogP contribution in [-0.2, 0) is 11.2 Å². The second kappa shape index (κ2) is 6.20. The van der Waals surface area contributed by atoms with Crippen LogP contribution in [0.3, 0.4) is 0 Å². The van der Waals surface area contributed by atoms with Crippen molar-refractivity contribution in [3.05, 3.63) is 33.3 Å². The van der Waals surface area contributed by atoms with Crippen molar-refractivity contribution < 1.29 is 9.90 Å². The first kappa shape index (κ1) is 14.2. The van der Waals surface area contributed by atoms with Crippen LogP contribution in [0.4, 0.5) is 0 Å². The Morgan fingerprint density at radius 3 is 2.59 bits per heavy atom. The molecule has 0 aromatic heterocycles. The third-order valence-corrected chi connectivity index (χ3v) is 3.90. The van der Waals surface area contributed by atoms with Crippen LogP contribution in [0.25, 0.3) is 0 Å². The van der Waals surface area contributed by atoms with Crippen molar-refractivity contribution in [2.75, 3.05) is 0 Å². The van der Waals surface area contributed by atoms with Crippen molar-refractivity contribution >= 4 is 21.9 Å². The number of aliphatic carboxylic acids is 1. The summed E-state index contributed by atoms with van der Waals surface area (Å²) in [4.78, 5) is 10.6. The van der Waals surface area contributed by atoms with Crippen molar-refractivity contribution in [2.45, 2.75) is 40.0 Å². The Bertz CT molecular complexity index is 413. The number of carbonyl (C=O) groups is 1. The summed E-state index contributed by atoms with van der Waals surface area (Å²) in [5, 5.41) is 8.71. The van der Waals surface area contributed by atoms with Crippen LogP contribution < -0.4 is 0 Å². The van der Waals surface area contributed by atoms with Gasteiger partial charge in [0, 0.05) is 10.9 Å². The zero-order valence-corrected chi connectivity index (χ0v) is 12.2. The van der Waals surface area contributed by atoms with Crippen molar-refractivity contribution in [3.63, 3.8) is 0 Å². The molecule has 0 saturated heterocycles. The van der Waals surface area contributed by atoms with Gasteiger partial charge in [0.05, 0.1) is 0 Å². The molecule has 2 nitrogen and oxygen atoms in total. The summed E-state index contributed by atoms with van der Waals surface area (Å²) in [5.74, 6) is -0.475. The van der Waals surface area contributed by atoms with Gasteiger partial charge >= 0.3 is 5.97 Å². The number of halogens is 1. The van der Waals surface area contributed by atoms with Gasteiger partial charge in [-0.2, -0.15) is 0 Å². The molecule has 0 radical (unpaired) electrons. The van der Waals surface area contributed by atoms with E-state index >= 15 is 0 Å². The van der Waals surface area contributed by atoms with E-state index in [0.29, 0.717) is 0 Å². The van der Waals surface area contributed by atoms with E-state index in [1.54, 1.807) is 0 Å². The second-order valence-electron chi connectivity index (χ2n) is 4.77. The number of rotatable bonds is 5. The molecule has 1 N–H and O–H groups in total. The van der Waals surface area contributed by atoms with Crippen LogP contribution in [0.2, 0.25) is 0 Å². The van der Waals surface area contributed by atoms with Gasteiger partial charge < -0.3 is 5.11 Å². The topological polar surface area (TPSA) is 37.3 Å². The Morgan fingerprint density at radius 2 is 2.00 bits per heavy atom. The predicted molar refractivity (Wildman–Crippen MR) is 73.4 cm³/mol. The van der Waals surface area contributed by atoms with Gasteiger partial charge in [-0.3, -0.25) is 4.79 Å². The molecule has 0 fully saturated rings. The van der Waals surface area contributed by atoms with E-state index in [1.807, 2.05) is 6.92 Å². The number of carboxylic acids is 1. The first-order valence-corrected chi connectivity index (χ1v) is 6.67. The summed E-state index contributed by atoms with van der Waals surface area (Å²) in [5.41, 5.74) is 3.82. The van der Waals surface area contributed by atoms with E-state index in [9.17, 15) is 4.79 Å². The Kier molecular flexibility index (Phi) is 5.19. The highest BCUT2D eigenvalue weighted by Gasteiger charge is 2.09. The van der Waals surface area contributed by atoms with Crippen LogP contribution in [0, 0.1) is 19.8 Å². The molecule has 0 aliphatic rings. The summed E-state index contributed by atoms with van der Waals surface area (Å²) in [7, 11) is 0. The molecule has 1 rings (SSSR count). The fourth-order valence-electron chi connectivity index (χ4n) is 1.91. The van der Waals surface area contributed by atoms with Crippen LogP contribution in [0.1, 0.15) is 36.5 Å². The smallest absolute Gasteiger partial charge is 0.303 e. The zero-order valence-electron chi connectivity index (χ0n) is 10.6. The highest BCUT2D eigenvalue weighted by Crippen LogP contribution is 2.23. The Labute approximate surface area is 111 Å². The Hall–Kier alpha value is -0.830. The highest BCUT2D eigenvalue weighted by molar-refractivity contribution is 9.10. The Balaban J connectivity index is 2.63. The fraction of sp³-hybridized carbons (Fsp3) is 0.500. The van der Waals surface area contributed by atoms with Gasteiger partial charge in [0.1, 0.15) is 0 Å². The third kappa shape index (κ3) is 4.50. The molecular formula is C14H19BrO2. The molecule has 0 spiro atoms. The lowest BCUT2D eigenvalue weighted by Gasteiger charge is -2.12. The molecule has 17 heavy (non-hydrogen) atoms. The summed E-state index contributed by atoms with van der Waals surface area (Å²) in [6.45, 7) is 6.17. The lowest BCUT2D eigenvalue weighted by molar-refractivity contribution is -0.138. The van der Waals surface area contributed by atoms with Crippen molar-refractivity contribution in [1.82, 2.24) is 0 Å². The maximum atomic E-state index is 10.6. The lowest BCUT2D eigenvalue weighted by atomic mass is 9.95. The Morgan fingerprint density at radius 1 is 1.35 bits per heavy atom. The van der Waals surface area contributed by atoms with Gasteiger partial charge in [0.2, 0.25) is 0 Å². The van der Waals surface area contributed by atoms with Crippen LogP contribution in [-0.4, -0.2) is 11.1 Å². The van der Waals surface area contributed by atoms with E-state index in [1.165, 1.54) is 16.7 Å². The van der Waals surface area contributed by atoms with E-state index < -0.39 is 5.97 Å². The monoisotopic (exact) mass is 298 g/mol. The summed E-state index contributed by atoms with van der Waals surface area (Å²) in [6.07, 6.45) is 2.14. The molecule has 94 valence electrons. The van der Waals surface area contributed by atoms with Crippen molar-refractivity contribution in [1.29, 1.82) is 0 Å². The normalized spacial score (nSPS) is 12.5. The molecular weight excluding hydrogens is 280 g/mol. The molecule has 1 unspecified atom stereocenters. The quantitative estimate of drug-likeness (QED) is 0.888. The number of carboxylic acid groups (broad SMARTS) is 1. The predicted octanol–water partition coefficient (Wildman–Crippen LogP) is 4.11. The van der Waals surface area contributed by atoms with Crippen LogP contribution in [0.5, 0.6) is 0 Å². The fourth-order valence-corrected chi connectivity index (χ4v) is 2.37. The largest absolute Gasteiger partial charge is 0.481 e. The molecule has 0 bridgehead atoms. The van der Waals surface area contributed by atoms with Gasteiger partial charge in [-0.1, -0.05) is 28.9 Å². The van der Waals surface area contributed by atoms with Crippen molar-refractivity contribution in [2.24, 2.45) is 5.92 Å². The van der Waals surface area contributed by atoms with Gasteiger partial charge in [0.15, 0.2) is 0 Å². The molecule has 0 aliphatic carbocycles. The van der Waals surface area contributed by atoms with Crippen LogP contribution in [0.15, 0.2) is 16.6 Å². The van der Waals surface area contributed by atoms with E-state index in [4.69, 9.17) is 5.11 Å². The SMILES string of the molecule is Cc1cc(CCC(C)CC(=O)O)c(C)cc1Br. The van der Waals surface area contributed by atoms with Gasteiger partial charge in [-0.15, -0.1) is 0 Å². The molecule has 0 heterocycles. The minimum Gasteiger partial charge on any atom is -0.481 e. The van der Waals surface area contributed by atoms with Gasteiger partial charge in [-0.05, 0) is 55.4 Å². The maximum Gasteiger partial charge on any atom is 0.303 e. The first-order valence-electron chi connectivity index (χ1n) is 5.87. The standard InChI is InChI=1S/C14H19BrO2/c1-9(6-14(16)17)4-5-12-7-11(3)13(15)8-10(12)2/h7-9H,4-6H2,1-3H3,(H,16,17). The number of aryl methyl sites for hydroxylation is 3. The summed E-state index contributed by atoms with van der Waals surface area (Å²) < 4.78 is 1.14. The number of hydrogen-bond donors (Lipinski definition) is 1. The molecule has 0 saturated carbocycles. The van der Waals surface area contributed by atoms with E-state index in [-0.39, 0.29) is 12.3 Å². The number of benzene rings is 1. The zero-order chi connectivity index (χ0) is 13.0. The van der Waals surface area contributed by atoms with Crippen LogP contribution >= 0.6 is 15.9 Å². The van der Waals surface area contributed by atoms with E-state index in [0.717, 1.165) is 17.3 Å². The molecule has 1 aromatic carbocycles. The molecule has 0 aliphatic heterocycles. The third-order valence-electron chi connectivity index (χ3n) is 3.05. The average molecular weight is 299 g/mol. The molecule has 1 atom stereocenters. The van der Waals surface area contributed by atoms with Gasteiger partial charge in [-0.25, -0.2) is 0 Å². The first-order chi connectivity index (χ1) is 7.90. The van der Waals surface area contributed by atoms with E-state index in [2.05, 4.69) is 41.9 Å². The second-order valence-corrected chi connectivity index (χ2v) is 5.62. The van der Waals surface area contributed by atoms with Gasteiger partial charge in [0.25, 0.3) is 0 Å². The molecule has 1 aromatic rings. The molecule has 0 amide bonds. The maximum absolute atomic E-state index is 10.6. The summed E-state index contributed by atoms with van der Waals surface area (Å²) >= 11 is 3.52. The average Bonchev–Trinajstić information content (AvgIpc) is 2.20. The lowest BCUT2D eigenvalue weighted by Crippen LogP contribution is -2.06. The number of hydrogen-bond acceptors (Lipinski definition) is 1. The molecule has 3 heteroatoms. The summed E-state index contributed by atoms with van der Waals surface area (Å²) in [6, 6.07) is 4.32.